The molecule has 0 saturated carbocycles. The van der Waals surface area contributed by atoms with E-state index in [1.54, 1.807) is 18.2 Å². The molecule has 0 atom stereocenters. The number of benzene rings is 2. The molecule has 0 radical (unpaired) electrons. The van der Waals surface area contributed by atoms with Crippen LogP contribution >= 0.6 is 11.6 Å². The van der Waals surface area contributed by atoms with Crippen molar-refractivity contribution in [3.63, 3.8) is 0 Å². The summed E-state index contributed by atoms with van der Waals surface area (Å²) in [6, 6.07) is 12.0. The summed E-state index contributed by atoms with van der Waals surface area (Å²) in [4.78, 5) is 16.6. The number of nitrogens with zero attached hydrogens (tertiary/aromatic N) is 2. The van der Waals surface area contributed by atoms with Crippen molar-refractivity contribution in [2.75, 3.05) is 42.9 Å². The number of halogens is 2. The molecule has 4 nitrogen and oxygen atoms in total. The fourth-order valence-corrected chi connectivity index (χ4v) is 3.13. The maximum Gasteiger partial charge on any atom is 0.238 e. The first-order chi connectivity index (χ1) is 12.0. The molecule has 1 N–H and O–H groups in total. The molecule has 0 bridgehead atoms. The van der Waals surface area contributed by atoms with Crippen LogP contribution in [0.25, 0.3) is 0 Å². The van der Waals surface area contributed by atoms with E-state index in [-0.39, 0.29) is 11.7 Å². The number of anilines is 2. The highest BCUT2D eigenvalue weighted by molar-refractivity contribution is 6.31. The van der Waals surface area contributed by atoms with Gasteiger partial charge in [-0.05, 0) is 48.9 Å². The van der Waals surface area contributed by atoms with Crippen LogP contribution in [0.4, 0.5) is 15.8 Å². The lowest BCUT2D eigenvalue weighted by Crippen LogP contribution is -2.48. The number of carbonyl (C=O) groups excluding carboxylic acids is 1. The van der Waals surface area contributed by atoms with E-state index in [2.05, 4.69) is 15.1 Å². The number of hydrogen-bond donors (Lipinski definition) is 1. The number of piperazine rings is 1. The zero-order valence-corrected chi connectivity index (χ0v) is 14.9. The molecule has 1 fully saturated rings. The van der Waals surface area contributed by atoms with Crippen molar-refractivity contribution < 1.29 is 9.18 Å². The van der Waals surface area contributed by atoms with Crippen molar-refractivity contribution in [3.8, 4) is 0 Å². The molecule has 1 saturated heterocycles. The third-order valence-corrected chi connectivity index (χ3v) is 4.88. The van der Waals surface area contributed by atoms with Crippen LogP contribution in [0.5, 0.6) is 0 Å². The van der Waals surface area contributed by atoms with Crippen LogP contribution in [-0.2, 0) is 4.79 Å². The van der Waals surface area contributed by atoms with Crippen LogP contribution in [0.15, 0.2) is 42.5 Å². The molecule has 0 spiro atoms. The average molecular weight is 362 g/mol. The van der Waals surface area contributed by atoms with E-state index in [0.717, 1.165) is 43.1 Å². The van der Waals surface area contributed by atoms with Gasteiger partial charge in [-0.25, -0.2) is 4.39 Å². The summed E-state index contributed by atoms with van der Waals surface area (Å²) in [6.45, 7) is 5.45. The largest absolute Gasteiger partial charge is 0.369 e. The fourth-order valence-electron chi connectivity index (χ4n) is 2.95. The molecule has 0 aromatic heterocycles. The van der Waals surface area contributed by atoms with Crippen LogP contribution in [-0.4, -0.2) is 43.5 Å². The van der Waals surface area contributed by atoms with Gasteiger partial charge in [-0.2, -0.15) is 0 Å². The van der Waals surface area contributed by atoms with Crippen molar-refractivity contribution in [3.05, 3.63) is 58.9 Å². The van der Waals surface area contributed by atoms with Gasteiger partial charge in [0.2, 0.25) is 5.91 Å². The summed E-state index contributed by atoms with van der Waals surface area (Å²) in [5.74, 6) is -0.268. The predicted molar refractivity (Wildman–Crippen MR) is 99.9 cm³/mol. The topological polar surface area (TPSA) is 35.6 Å². The zero-order valence-electron chi connectivity index (χ0n) is 14.1. The lowest BCUT2D eigenvalue weighted by atomic mass is 10.2. The first kappa shape index (κ1) is 17.7. The van der Waals surface area contributed by atoms with E-state index in [9.17, 15) is 9.18 Å². The molecule has 1 heterocycles. The number of nitrogens with one attached hydrogen (secondary N) is 1. The Bertz CT molecular complexity index is 743. The monoisotopic (exact) mass is 361 g/mol. The molecular weight excluding hydrogens is 341 g/mol. The Hall–Kier alpha value is -2.11. The van der Waals surface area contributed by atoms with Gasteiger partial charge in [0.25, 0.3) is 0 Å². The van der Waals surface area contributed by atoms with Gasteiger partial charge in [-0.1, -0.05) is 17.7 Å². The summed E-state index contributed by atoms with van der Waals surface area (Å²) in [5.41, 5.74) is 2.64. The van der Waals surface area contributed by atoms with E-state index >= 15 is 0 Å². The normalized spacial score (nSPS) is 15.2. The fraction of sp³-hybridized carbons (Fsp3) is 0.316. The maximum absolute atomic E-state index is 13.0. The molecule has 6 heteroatoms. The van der Waals surface area contributed by atoms with E-state index < -0.39 is 0 Å². The summed E-state index contributed by atoms with van der Waals surface area (Å²) >= 11 is 6.08. The predicted octanol–water partition coefficient (Wildman–Crippen LogP) is 3.55. The molecule has 25 heavy (non-hydrogen) atoms. The van der Waals surface area contributed by atoms with Gasteiger partial charge in [0, 0.05) is 42.6 Å². The Kier molecular flexibility index (Phi) is 5.56. The lowest BCUT2D eigenvalue weighted by Gasteiger charge is -2.35. The SMILES string of the molecule is Cc1c(Cl)cccc1NC(=O)CN1CCN(c2ccc(F)cc2)CC1. The van der Waals surface area contributed by atoms with Gasteiger partial charge in [0.1, 0.15) is 5.82 Å². The summed E-state index contributed by atoms with van der Waals surface area (Å²) in [5, 5.41) is 3.57. The van der Waals surface area contributed by atoms with Crippen molar-refractivity contribution >= 4 is 28.9 Å². The Labute approximate surface area is 152 Å². The molecule has 1 aliphatic heterocycles. The van der Waals surface area contributed by atoms with E-state index in [1.165, 1.54) is 12.1 Å². The third-order valence-electron chi connectivity index (χ3n) is 4.47. The second-order valence-corrected chi connectivity index (χ2v) is 6.61. The van der Waals surface area contributed by atoms with Gasteiger partial charge in [-0.15, -0.1) is 0 Å². The Morgan fingerprint density at radius 1 is 1.12 bits per heavy atom. The Morgan fingerprint density at radius 3 is 2.48 bits per heavy atom. The maximum atomic E-state index is 13.0. The minimum Gasteiger partial charge on any atom is -0.369 e. The molecule has 132 valence electrons. The molecule has 2 aromatic rings. The summed E-state index contributed by atoms with van der Waals surface area (Å²) in [6.07, 6.45) is 0. The van der Waals surface area contributed by atoms with Crippen LogP contribution in [0.1, 0.15) is 5.56 Å². The van der Waals surface area contributed by atoms with Gasteiger partial charge in [0.15, 0.2) is 0 Å². The minimum atomic E-state index is -0.227. The first-order valence-electron chi connectivity index (χ1n) is 8.31. The van der Waals surface area contributed by atoms with E-state index in [0.29, 0.717) is 11.6 Å². The summed E-state index contributed by atoms with van der Waals surface area (Å²) < 4.78 is 13.0. The van der Waals surface area contributed by atoms with Crippen LogP contribution < -0.4 is 10.2 Å². The van der Waals surface area contributed by atoms with Gasteiger partial charge >= 0.3 is 0 Å². The van der Waals surface area contributed by atoms with Crippen molar-refractivity contribution in [1.29, 1.82) is 0 Å². The second-order valence-electron chi connectivity index (χ2n) is 6.20. The number of hydrogen-bond acceptors (Lipinski definition) is 3. The zero-order chi connectivity index (χ0) is 17.8. The Morgan fingerprint density at radius 2 is 1.80 bits per heavy atom. The van der Waals surface area contributed by atoms with Crippen molar-refractivity contribution in [2.45, 2.75) is 6.92 Å². The van der Waals surface area contributed by atoms with E-state index in [1.807, 2.05) is 19.1 Å². The standard InChI is InChI=1S/C19H21ClFN3O/c1-14-17(20)3-2-4-18(14)22-19(25)13-23-9-11-24(12-10-23)16-7-5-15(21)6-8-16/h2-8H,9-13H2,1H3,(H,22,25). The van der Waals surface area contributed by atoms with Gasteiger partial charge < -0.3 is 10.2 Å². The molecule has 1 amide bonds. The number of amides is 1. The van der Waals surface area contributed by atoms with Crippen LogP contribution in [0.3, 0.4) is 0 Å². The molecule has 2 aromatic carbocycles. The van der Waals surface area contributed by atoms with Crippen LogP contribution in [0, 0.1) is 12.7 Å². The third kappa shape index (κ3) is 4.50. The quantitative estimate of drug-likeness (QED) is 0.904. The smallest absolute Gasteiger partial charge is 0.238 e. The first-order valence-corrected chi connectivity index (χ1v) is 8.68. The molecule has 0 aliphatic carbocycles. The van der Waals surface area contributed by atoms with Crippen molar-refractivity contribution in [2.24, 2.45) is 0 Å². The van der Waals surface area contributed by atoms with Gasteiger partial charge in [-0.3, -0.25) is 9.69 Å². The summed E-state index contributed by atoms with van der Waals surface area (Å²) in [7, 11) is 0. The lowest BCUT2D eigenvalue weighted by molar-refractivity contribution is -0.117. The average Bonchev–Trinajstić information content (AvgIpc) is 2.60. The van der Waals surface area contributed by atoms with Gasteiger partial charge in [0.05, 0.1) is 6.54 Å². The number of rotatable bonds is 4. The molecule has 1 aliphatic rings. The van der Waals surface area contributed by atoms with E-state index in [4.69, 9.17) is 11.6 Å². The minimum absolute atomic E-state index is 0.0411. The Balaban J connectivity index is 1.51. The molecule has 3 rings (SSSR count). The number of carbonyl (C=O) groups is 1. The second kappa shape index (κ2) is 7.85. The van der Waals surface area contributed by atoms with Crippen LogP contribution in [0.2, 0.25) is 5.02 Å². The highest BCUT2D eigenvalue weighted by Crippen LogP contribution is 2.23. The highest BCUT2D eigenvalue weighted by atomic mass is 35.5. The highest BCUT2D eigenvalue weighted by Gasteiger charge is 2.19. The molecular formula is C19H21ClFN3O. The van der Waals surface area contributed by atoms with Crippen molar-refractivity contribution in [1.82, 2.24) is 4.90 Å². The molecule has 0 unspecified atom stereocenters.